The molecule has 10 heavy (non-hydrogen) atoms. The van der Waals surface area contributed by atoms with E-state index in [4.69, 9.17) is 5.11 Å². The molecule has 0 aliphatic rings. The molecule has 0 fully saturated rings. The smallest absolute Gasteiger partial charge is 0.193 e. The minimum Gasteiger partial charge on any atom is -0.618 e. The zero-order valence-electron chi connectivity index (χ0n) is 5.96. The molecule has 0 saturated carbocycles. The van der Waals surface area contributed by atoms with E-state index in [9.17, 15) is 5.21 Å². The molecule has 0 amide bonds. The number of aromatic nitrogens is 1. The topological polar surface area (TPSA) is 47.2 Å². The normalized spacial score (nSPS) is 9.80. The second-order valence-electron chi connectivity index (χ2n) is 2.29. The Kier molecular flexibility index (Phi) is 1.49. The number of nitrogens with zero attached hydrogens (tertiary/aromatic N) is 1. The van der Waals surface area contributed by atoms with Crippen LogP contribution in [-0.2, 0) is 0 Å². The first-order chi connectivity index (χ1) is 4.61. The van der Waals surface area contributed by atoms with Crippen LogP contribution in [0.1, 0.15) is 11.4 Å². The number of hydrogen-bond donors (Lipinski definition) is 1. The van der Waals surface area contributed by atoms with Crippen LogP contribution in [0.3, 0.4) is 0 Å². The lowest BCUT2D eigenvalue weighted by molar-refractivity contribution is -0.619. The summed E-state index contributed by atoms with van der Waals surface area (Å²) >= 11 is 0. The average molecular weight is 139 g/mol. The van der Waals surface area contributed by atoms with Crippen molar-refractivity contribution in [2.24, 2.45) is 0 Å². The van der Waals surface area contributed by atoms with E-state index in [-0.39, 0.29) is 5.75 Å². The average Bonchev–Trinajstić information content (AvgIpc) is 1.82. The maximum atomic E-state index is 10.9. The fourth-order valence-corrected chi connectivity index (χ4v) is 0.865. The van der Waals surface area contributed by atoms with E-state index < -0.39 is 0 Å². The lowest BCUT2D eigenvalue weighted by Gasteiger charge is -2.02. The summed E-state index contributed by atoms with van der Waals surface area (Å²) in [5.41, 5.74) is 1.02. The summed E-state index contributed by atoms with van der Waals surface area (Å²) < 4.78 is 0.777. The molecule has 1 aromatic heterocycles. The predicted molar refractivity (Wildman–Crippen MR) is 36.5 cm³/mol. The molecular formula is C7H9NO2. The van der Waals surface area contributed by atoms with Crippen LogP contribution in [0.15, 0.2) is 12.1 Å². The molecule has 3 nitrogen and oxygen atoms in total. The summed E-state index contributed by atoms with van der Waals surface area (Å²) in [5, 5.41) is 19.9. The lowest BCUT2D eigenvalue weighted by Crippen LogP contribution is -2.33. The predicted octanol–water partition coefficient (Wildman–Crippen LogP) is 0.642. The Morgan fingerprint density at radius 3 is 2.10 bits per heavy atom. The van der Waals surface area contributed by atoms with Gasteiger partial charge in [0.1, 0.15) is 5.75 Å². The maximum Gasteiger partial charge on any atom is 0.193 e. The van der Waals surface area contributed by atoms with Gasteiger partial charge >= 0.3 is 0 Å². The Hall–Kier alpha value is -1.25. The zero-order chi connectivity index (χ0) is 7.72. The molecule has 0 atom stereocenters. The van der Waals surface area contributed by atoms with Gasteiger partial charge in [0.15, 0.2) is 11.4 Å². The van der Waals surface area contributed by atoms with Gasteiger partial charge in [-0.3, -0.25) is 0 Å². The van der Waals surface area contributed by atoms with Gasteiger partial charge in [-0.1, -0.05) is 0 Å². The van der Waals surface area contributed by atoms with Gasteiger partial charge < -0.3 is 10.3 Å². The number of hydrogen-bond acceptors (Lipinski definition) is 2. The third-order valence-electron chi connectivity index (χ3n) is 1.35. The van der Waals surface area contributed by atoms with Crippen molar-refractivity contribution in [1.82, 2.24) is 0 Å². The van der Waals surface area contributed by atoms with Crippen LogP contribution in [0.2, 0.25) is 0 Å². The second-order valence-corrected chi connectivity index (χ2v) is 2.29. The van der Waals surface area contributed by atoms with Crippen molar-refractivity contribution in [2.45, 2.75) is 13.8 Å². The second kappa shape index (κ2) is 2.17. The van der Waals surface area contributed by atoms with Crippen LogP contribution in [0.4, 0.5) is 0 Å². The SMILES string of the molecule is Cc1cc(O)cc(C)[n+]1[O-]. The molecule has 0 aliphatic carbocycles. The summed E-state index contributed by atoms with van der Waals surface area (Å²) in [6.07, 6.45) is 0. The van der Waals surface area contributed by atoms with Crippen LogP contribution in [0.5, 0.6) is 5.75 Å². The van der Waals surface area contributed by atoms with Crippen LogP contribution in [0.25, 0.3) is 0 Å². The first kappa shape index (κ1) is 6.86. The first-order valence-electron chi connectivity index (χ1n) is 3.01. The molecule has 1 aromatic rings. The Labute approximate surface area is 59.1 Å². The van der Waals surface area contributed by atoms with Crippen LogP contribution >= 0.6 is 0 Å². The van der Waals surface area contributed by atoms with Crippen molar-refractivity contribution < 1.29 is 9.84 Å². The largest absolute Gasteiger partial charge is 0.618 e. The summed E-state index contributed by atoms with van der Waals surface area (Å²) in [6, 6.07) is 2.86. The van der Waals surface area contributed by atoms with Gasteiger partial charge in [0.2, 0.25) is 0 Å². The molecule has 0 saturated heterocycles. The van der Waals surface area contributed by atoms with Crippen molar-refractivity contribution >= 4 is 0 Å². The molecule has 0 aliphatic heterocycles. The van der Waals surface area contributed by atoms with E-state index >= 15 is 0 Å². The van der Waals surface area contributed by atoms with Gasteiger partial charge in [-0.05, 0) is 0 Å². The quantitative estimate of drug-likeness (QED) is 0.423. The van der Waals surface area contributed by atoms with E-state index in [1.807, 2.05) is 0 Å². The van der Waals surface area contributed by atoms with Crippen molar-refractivity contribution in [3.05, 3.63) is 28.7 Å². The molecule has 1 N–H and O–H groups in total. The fraction of sp³-hybridized carbons (Fsp3) is 0.286. The summed E-state index contributed by atoms with van der Waals surface area (Å²) in [4.78, 5) is 0. The number of rotatable bonds is 0. The minimum atomic E-state index is 0.141. The Morgan fingerprint density at radius 1 is 1.30 bits per heavy atom. The number of aromatic hydroxyl groups is 1. The van der Waals surface area contributed by atoms with Gasteiger partial charge in [0.25, 0.3) is 0 Å². The number of pyridine rings is 1. The van der Waals surface area contributed by atoms with E-state index in [1.54, 1.807) is 13.8 Å². The van der Waals surface area contributed by atoms with E-state index in [0.717, 1.165) is 4.73 Å². The minimum absolute atomic E-state index is 0.141. The summed E-state index contributed by atoms with van der Waals surface area (Å²) in [5.74, 6) is 0.141. The first-order valence-corrected chi connectivity index (χ1v) is 3.01. The van der Waals surface area contributed by atoms with Gasteiger partial charge in [-0.25, -0.2) is 0 Å². The molecule has 0 unspecified atom stereocenters. The Balaban J connectivity index is 3.31. The van der Waals surface area contributed by atoms with Gasteiger partial charge in [0.05, 0.1) is 0 Å². The highest BCUT2D eigenvalue weighted by molar-refractivity contribution is 5.20. The van der Waals surface area contributed by atoms with Gasteiger partial charge in [0, 0.05) is 26.0 Å². The van der Waals surface area contributed by atoms with Crippen LogP contribution < -0.4 is 4.73 Å². The molecular weight excluding hydrogens is 130 g/mol. The summed E-state index contributed by atoms with van der Waals surface area (Å²) in [6.45, 7) is 3.30. The van der Waals surface area contributed by atoms with Crippen molar-refractivity contribution in [2.75, 3.05) is 0 Å². The standard InChI is InChI=1S/C7H9NO2/c1-5-3-7(9)4-6(2)8(5)10/h3-4,9H,1-2H3. The highest BCUT2D eigenvalue weighted by atomic mass is 16.5. The molecule has 1 rings (SSSR count). The molecule has 0 radical (unpaired) electrons. The molecule has 1 heterocycles. The molecule has 0 bridgehead atoms. The van der Waals surface area contributed by atoms with Crippen LogP contribution in [-0.4, -0.2) is 5.11 Å². The zero-order valence-corrected chi connectivity index (χ0v) is 5.96. The molecule has 3 heteroatoms. The number of aryl methyl sites for hydroxylation is 2. The molecule has 0 aromatic carbocycles. The highest BCUT2D eigenvalue weighted by Crippen LogP contribution is 2.08. The Bertz CT molecular complexity index is 235. The van der Waals surface area contributed by atoms with Gasteiger partial charge in [-0.15, -0.1) is 0 Å². The highest BCUT2D eigenvalue weighted by Gasteiger charge is 2.04. The van der Waals surface area contributed by atoms with Crippen molar-refractivity contribution in [3.8, 4) is 5.75 Å². The Morgan fingerprint density at radius 2 is 1.70 bits per heavy atom. The molecule has 0 spiro atoms. The summed E-state index contributed by atoms with van der Waals surface area (Å²) in [7, 11) is 0. The van der Waals surface area contributed by atoms with Crippen LogP contribution in [0, 0.1) is 19.1 Å². The maximum absolute atomic E-state index is 10.9. The fourth-order valence-electron chi connectivity index (χ4n) is 0.865. The van der Waals surface area contributed by atoms with Gasteiger partial charge in [-0.2, -0.15) is 4.73 Å². The molecule has 54 valence electrons. The van der Waals surface area contributed by atoms with Crippen molar-refractivity contribution in [3.63, 3.8) is 0 Å². The van der Waals surface area contributed by atoms with Crippen molar-refractivity contribution in [1.29, 1.82) is 0 Å². The third-order valence-corrected chi connectivity index (χ3v) is 1.35. The van der Waals surface area contributed by atoms with E-state index in [2.05, 4.69) is 0 Å². The van der Waals surface area contributed by atoms with E-state index in [0.29, 0.717) is 11.4 Å². The van der Waals surface area contributed by atoms with E-state index in [1.165, 1.54) is 12.1 Å². The monoisotopic (exact) mass is 139 g/mol. The lowest BCUT2D eigenvalue weighted by atomic mass is 10.3. The third kappa shape index (κ3) is 1.03.